The van der Waals surface area contributed by atoms with Crippen LogP contribution in [-0.4, -0.2) is 145 Å². The number of rotatable bonds is 26. The number of nitrogen functional groups attached to an aromatic ring is 1. The van der Waals surface area contributed by atoms with Crippen molar-refractivity contribution in [2.75, 3.05) is 69.2 Å². The van der Waals surface area contributed by atoms with Gasteiger partial charge >= 0.3 is 17.9 Å². The summed E-state index contributed by atoms with van der Waals surface area (Å²) in [4.78, 5) is 61.0. The van der Waals surface area contributed by atoms with Gasteiger partial charge in [-0.25, -0.2) is 39.6 Å². The monoisotopic (exact) mass is 1700 g/mol. The lowest BCUT2D eigenvalue weighted by atomic mass is 10.0. The van der Waals surface area contributed by atoms with Crippen molar-refractivity contribution in [1.82, 2.24) is 38.2 Å². The molecule has 4 heterocycles. The third kappa shape index (κ3) is 19.9. The molecule has 13 aromatic rings. The van der Waals surface area contributed by atoms with Crippen LogP contribution in [0.3, 0.4) is 0 Å². The highest BCUT2D eigenvalue weighted by Gasteiger charge is 2.37. The molecule has 4 unspecified atom stereocenters. The van der Waals surface area contributed by atoms with Crippen molar-refractivity contribution in [2.24, 2.45) is 0 Å². The number of nitrogens with zero attached hydrogens (tertiary/aromatic N) is 3. The summed E-state index contributed by atoms with van der Waals surface area (Å²) < 4.78 is 91.0. The van der Waals surface area contributed by atoms with E-state index in [4.69, 9.17) is 15.2 Å². The van der Waals surface area contributed by atoms with Gasteiger partial charge < -0.3 is 50.9 Å². The number of nitrogens with one attached hydrogen (secondary N) is 6. The van der Waals surface area contributed by atoms with E-state index in [0.29, 0.717) is 118 Å². The van der Waals surface area contributed by atoms with Crippen LogP contribution >= 0.6 is 12.4 Å². The van der Waals surface area contributed by atoms with Crippen LogP contribution in [0.25, 0.3) is 43.6 Å². The number of carboxylic acids is 1. The molecule has 0 saturated heterocycles. The van der Waals surface area contributed by atoms with Crippen molar-refractivity contribution in [3.63, 3.8) is 0 Å². The van der Waals surface area contributed by atoms with Crippen molar-refractivity contribution >= 4 is 121 Å². The number of benzene rings is 9. The van der Waals surface area contributed by atoms with Gasteiger partial charge in [-0.05, 0) is 249 Å². The van der Waals surface area contributed by atoms with Gasteiger partial charge in [0.15, 0.2) is 0 Å². The Bertz CT molecular complexity index is 6280. The predicted octanol–water partition coefficient (Wildman–Crippen LogP) is 16.3. The summed E-state index contributed by atoms with van der Waals surface area (Å²) in [6.07, 6.45) is 20.9. The van der Waals surface area contributed by atoms with Gasteiger partial charge in [0.25, 0.3) is 5.91 Å². The Balaban J connectivity index is 0.000000139. The van der Waals surface area contributed by atoms with Crippen LogP contribution < -0.4 is 16.4 Å². The molecular formula is C93H101ClN10O13S3. The van der Waals surface area contributed by atoms with Crippen molar-refractivity contribution < 1.29 is 59.0 Å². The number of aryl methyl sites for hydroxylation is 4. The molecule has 9 N–H and O–H groups in total. The summed E-state index contributed by atoms with van der Waals surface area (Å²) in [5.74, 6) is -1.78. The minimum Gasteiger partial charge on any atom is -0.478 e. The molecule has 4 atom stereocenters. The van der Waals surface area contributed by atoms with Crippen molar-refractivity contribution in [1.29, 1.82) is 0 Å². The molecule has 9 aromatic carbocycles. The van der Waals surface area contributed by atoms with Gasteiger partial charge in [0.05, 0.1) is 78.2 Å². The average Bonchev–Trinajstić information content (AvgIpc) is 1.63. The average molecular weight is 1700 g/mol. The van der Waals surface area contributed by atoms with Gasteiger partial charge in [-0.1, -0.05) is 109 Å². The highest BCUT2D eigenvalue weighted by Crippen LogP contribution is 2.42. The Morgan fingerprint density at radius 1 is 0.425 bits per heavy atom. The second kappa shape index (κ2) is 38.0. The molecule has 626 valence electrons. The topological polar surface area (TPSA) is 332 Å². The lowest BCUT2D eigenvalue weighted by Gasteiger charge is -2.27. The maximum absolute atomic E-state index is 12.8. The number of aromatic amines is 4. The summed E-state index contributed by atoms with van der Waals surface area (Å²) in [7, 11) is -10.3. The number of esters is 2. The molecule has 4 aliphatic carbocycles. The number of aromatic nitrogens is 4. The van der Waals surface area contributed by atoms with Crippen LogP contribution in [0.15, 0.2) is 219 Å². The number of nitrogens with two attached hydrogens (primary N) is 1. The number of hydrogen-bond acceptors (Lipinski definition) is 14. The van der Waals surface area contributed by atoms with Crippen LogP contribution in [0.1, 0.15) is 172 Å². The third-order valence-corrected chi connectivity index (χ3v) is 27.0. The molecule has 23 nitrogen and oxygen atoms in total. The summed E-state index contributed by atoms with van der Waals surface area (Å²) in [5, 5.41) is 20.4. The van der Waals surface area contributed by atoms with Crippen LogP contribution in [-0.2, 0) is 90.9 Å². The maximum Gasteiger partial charge on any atom is 0.338 e. The summed E-state index contributed by atoms with van der Waals surface area (Å²) in [6.45, 7) is 6.46. The van der Waals surface area contributed by atoms with E-state index < -0.39 is 36.0 Å². The third-order valence-electron chi connectivity index (χ3n) is 23.1. The quantitative estimate of drug-likeness (QED) is 0.0184. The minimum absolute atomic E-state index is 0. The first-order chi connectivity index (χ1) is 57.3. The minimum atomic E-state index is -3.44. The molecule has 120 heavy (non-hydrogen) atoms. The number of halogens is 1. The number of carbonyl (C=O) groups excluding carboxylic acids is 3. The van der Waals surface area contributed by atoms with E-state index in [1.807, 2.05) is 147 Å². The van der Waals surface area contributed by atoms with E-state index in [-0.39, 0.29) is 53.9 Å². The van der Waals surface area contributed by atoms with Crippen molar-refractivity contribution in [3.8, 4) is 0 Å². The fraction of sp³-hybridized carbons (Fsp3) is 0.290. The highest BCUT2D eigenvalue weighted by atomic mass is 35.5. The molecule has 0 aliphatic heterocycles. The Morgan fingerprint density at radius 3 is 1.13 bits per heavy atom. The molecular weight excluding hydrogens is 1600 g/mol. The van der Waals surface area contributed by atoms with E-state index in [1.165, 1.54) is 46.4 Å². The van der Waals surface area contributed by atoms with E-state index in [0.717, 1.165) is 115 Å². The zero-order chi connectivity index (χ0) is 83.7. The lowest BCUT2D eigenvalue weighted by molar-refractivity contribution is 0.0516. The van der Waals surface area contributed by atoms with Crippen LogP contribution in [0, 0.1) is 0 Å². The first-order valence-corrected chi connectivity index (χ1v) is 45.9. The molecule has 0 bridgehead atoms. The number of anilines is 2. The first kappa shape index (κ1) is 86.6. The molecule has 0 saturated carbocycles. The van der Waals surface area contributed by atoms with E-state index in [1.54, 1.807) is 62.3 Å². The van der Waals surface area contributed by atoms with Crippen LogP contribution in [0.2, 0.25) is 0 Å². The summed E-state index contributed by atoms with van der Waals surface area (Å²) in [6, 6.07) is 61.1. The number of aromatic carboxylic acids is 1. The molecule has 1 amide bonds. The number of para-hydroxylation sites is 6. The lowest BCUT2D eigenvalue weighted by Crippen LogP contribution is -2.35. The van der Waals surface area contributed by atoms with Gasteiger partial charge in [0, 0.05) is 99.6 Å². The summed E-state index contributed by atoms with van der Waals surface area (Å²) in [5.41, 5.74) is 26.3. The second-order valence-corrected chi connectivity index (χ2v) is 36.5. The number of ether oxygens (including phenoxy) is 2. The summed E-state index contributed by atoms with van der Waals surface area (Å²) >= 11 is 0. The van der Waals surface area contributed by atoms with E-state index in [9.17, 15) is 49.5 Å². The van der Waals surface area contributed by atoms with E-state index in [2.05, 4.69) is 67.1 Å². The Morgan fingerprint density at radius 2 is 0.750 bits per heavy atom. The normalized spacial score (nSPS) is 15.9. The van der Waals surface area contributed by atoms with Crippen molar-refractivity contribution in [2.45, 2.75) is 115 Å². The van der Waals surface area contributed by atoms with Crippen LogP contribution in [0.5, 0.6) is 0 Å². The van der Waals surface area contributed by atoms with Gasteiger partial charge in [-0.3, -0.25) is 4.79 Å². The molecule has 17 rings (SSSR count). The molecule has 0 radical (unpaired) electrons. The zero-order valence-electron chi connectivity index (χ0n) is 67.7. The number of H-pyrrole nitrogens is 4. The fourth-order valence-electron chi connectivity index (χ4n) is 17.4. The SMILES string of the molecule is CCOC(=O)c1ccc2c(c1)CCC2N(CCc1c[nH]c2ccccc12)S(C)(=O)=O.CCOC(=O)c1ccc2c(c1)CCC2NCCc1c[nH]c2ccccc12.CS(=O)(=O)N(CCc1c[nH]c2ccccc12)C1CCc2cc(C(=O)Nc3ccccc3N)ccc21.CS(=O)(=O)N(CCc1c[nH]c2ccccc12)C1CCc2cc(C(=O)O)ccc21.Cl. The molecule has 0 fully saturated rings. The fourth-order valence-corrected chi connectivity index (χ4v) is 20.7. The Hall–Kier alpha value is -11.2. The largest absolute Gasteiger partial charge is 0.478 e. The Kier molecular flexibility index (Phi) is 27.5. The van der Waals surface area contributed by atoms with Crippen molar-refractivity contribution in [3.05, 3.63) is 308 Å². The highest BCUT2D eigenvalue weighted by molar-refractivity contribution is 7.88. The number of sulfonamides is 3. The number of carboxylic acid groups (broad SMARTS) is 1. The molecule has 0 spiro atoms. The second-order valence-electron chi connectivity index (χ2n) is 30.7. The molecule has 4 aliphatic rings. The first-order valence-electron chi connectivity index (χ1n) is 40.4. The van der Waals surface area contributed by atoms with Gasteiger partial charge in [-0.15, -0.1) is 12.4 Å². The van der Waals surface area contributed by atoms with Gasteiger partial charge in [0.2, 0.25) is 30.1 Å². The Labute approximate surface area is 706 Å². The smallest absolute Gasteiger partial charge is 0.338 e. The number of amides is 1. The molecule has 27 heteroatoms. The zero-order valence-corrected chi connectivity index (χ0v) is 71.0. The predicted molar refractivity (Wildman–Crippen MR) is 476 cm³/mol. The number of hydrogen-bond donors (Lipinski definition) is 8. The molecule has 4 aromatic heterocycles. The van der Waals surface area contributed by atoms with Gasteiger partial charge in [0.1, 0.15) is 0 Å². The number of carbonyl (C=O) groups is 4. The van der Waals surface area contributed by atoms with Crippen LogP contribution in [0.4, 0.5) is 11.4 Å². The number of fused-ring (bicyclic) bond motifs is 8. The standard InChI is InChI=1S/C27H28N4O3S.C23H26N2O4S.C22H24N2O2.C21H22N2O4S.ClH/c1-35(33,34)31(15-14-20-17-29-24-8-4-2-6-21(20)24)26-13-11-18-16-19(10-12-22(18)26)27(32)30-25-9-5-3-7-23(25)28;1-3-29-23(26)17-8-10-20-16(14-17)9-11-22(20)25(30(2,27)28)13-12-18-15-24-21-7-5-4-6-19(18)21;1-2-26-22(25)16-7-9-19-15(13-16)8-10-21(19)23-12-11-17-14-24-20-6-4-3-5-18(17)20;1-28(26,27)23(11-10-16-13-22-19-5-3-2-4-17(16)19)20-9-7-14-12-15(21(24)25)6-8-18(14)20;/h2-10,12,16-17,26,29H,11,13-15,28H2,1H3,(H,30,32);4-8,10,14-15,22,24H,3,9,11-13H2,1-2H3;3-7,9,13-14,21,23-24H,2,8,10-12H2,1H3;2-6,8,12-13,20,22H,7,9-11H2,1H3,(H,24,25);1H. The van der Waals surface area contributed by atoms with E-state index >= 15 is 0 Å². The maximum atomic E-state index is 12.8. The van der Waals surface area contributed by atoms with Gasteiger partial charge in [-0.2, -0.15) is 12.9 Å².